The Bertz CT molecular complexity index is 1590. The molecule has 0 saturated carbocycles. The average Bonchev–Trinajstić information content (AvgIpc) is 3.50. The molecule has 7 rings (SSSR count). The Morgan fingerprint density at radius 1 is 1.12 bits per heavy atom. The molecular formula is C26H23FN6O7. The number of carbonyl (C=O) groups is 4. The van der Waals surface area contributed by atoms with Gasteiger partial charge in [0.2, 0.25) is 17.4 Å². The van der Waals surface area contributed by atoms with Gasteiger partial charge in [0.25, 0.3) is 0 Å². The molecule has 0 radical (unpaired) electrons. The lowest BCUT2D eigenvalue weighted by Gasteiger charge is -2.55. The summed E-state index contributed by atoms with van der Waals surface area (Å²) in [7, 11) is 0. The van der Waals surface area contributed by atoms with Crippen molar-refractivity contribution in [1.29, 1.82) is 0 Å². The molecule has 1 spiro atoms. The molecule has 206 valence electrons. The van der Waals surface area contributed by atoms with E-state index in [1.54, 1.807) is 49.2 Å². The topological polar surface area (TPSA) is 156 Å². The van der Waals surface area contributed by atoms with Crippen LogP contribution in [0.15, 0.2) is 35.0 Å². The number of morpholine rings is 1. The number of ether oxygens (including phenoxy) is 2. The number of benzene rings is 1. The molecule has 3 saturated heterocycles. The quantitative estimate of drug-likeness (QED) is 0.452. The highest BCUT2D eigenvalue weighted by molar-refractivity contribution is 6.20. The van der Waals surface area contributed by atoms with Crippen LogP contribution in [0.4, 0.5) is 25.5 Å². The minimum atomic E-state index is -1.79. The Morgan fingerprint density at radius 2 is 1.90 bits per heavy atom. The summed E-state index contributed by atoms with van der Waals surface area (Å²) >= 11 is 0. The molecule has 4 aliphatic heterocycles. The van der Waals surface area contributed by atoms with Crippen LogP contribution in [0.3, 0.4) is 0 Å². The van der Waals surface area contributed by atoms with Crippen molar-refractivity contribution in [3.63, 3.8) is 0 Å². The van der Waals surface area contributed by atoms with Gasteiger partial charge in [0, 0.05) is 19.2 Å². The van der Waals surface area contributed by atoms with Crippen LogP contribution in [0, 0.1) is 11.2 Å². The summed E-state index contributed by atoms with van der Waals surface area (Å²) in [5.41, 5.74) is -0.978. The van der Waals surface area contributed by atoms with Gasteiger partial charge in [0.15, 0.2) is 17.1 Å². The van der Waals surface area contributed by atoms with E-state index in [0.29, 0.717) is 11.3 Å². The molecule has 4 atom stereocenters. The van der Waals surface area contributed by atoms with E-state index in [4.69, 9.17) is 14.0 Å². The average molecular weight is 551 g/mol. The smallest absolute Gasteiger partial charge is 0.416 e. The lowest BCUT2D eigenvalue weighted by Crippen LogP contribution is -2.75. The van der Waals surface area contributed by atoms with Gasteiger partial charge in [-0.2, -0.15) is 0 Å². The zero-order chi connectivity index (χ0) is 27.9. The molecule has 14 heteroatoms. The van der Waals surface area contributed by atoms with Crippen LogP contribution in [-0.4, -0.2) is 65.5 Å². The van der Waals surface area contributed by atoms with E-state index in [1.165, 1.54) is 4.90 Å². The Kier molecular flexibility index (Phi) is 5.17. The Hall–Kier alpha value is -4.59. The molecule has 0 bridgehead atoms. The van der Waals surface area contributed by atoms with Crippen LogP contribution in [0.1, 0.15) is 31.1 Å². The highest BCUT2D eigenvalue weighted by atomic mass is 19.1. The first kappa shape index (κ1) is 24.5. The van der Waals surface area contributed by atoms with Crippen LogP contribution >= 0.6 is 0 Å². The van der Waals surface area contributed by atoms with Crippen molar-refractivity contribution in [2.24, 2.45) is 5.41 Å². The predicted molar refractivity (Wildman–Crippen MR) is 134 cm³/mol. The van der Waals surface area contributed by atoms with Crippen LogP contribution in [0.2, 0.25) is 0 Å². The number of barbiturate groups is 1. The summed E-state index contributed by atoms with van der Waals surface area (Å²) < 4.78 is 33.1. The van der Waals surface area contributed by atoms with E-state index in [9.17, 15) is 19.2 Å². The second kappa shape index (κ2) is 8.45. The number of anilines is 2. The maximum Gasteiger partial charge on any atom is 0.416 e. The highest BCUT2D eigenvalue weighted by Crippen LogP contribution is 2.50. The summed E-state index contributed by atoms with van der Waals surface area (Å²) in [4.78, 5) is 58.9. The number of nitrogens with zero attached hydrogens (tertiary/aromatic N) is 4. The zero-order valence-electron chi connectivity index (χ0n) is 21.3. The van der Waals surface area contributed by atoms with Crippen molar-refractivity contribution in [3.8, 4) is 0 Å². The molecule has 1 aromatic carbocycles. The van der Waals surface area contributed by atoms with E-state index >= 15 is 4.39 Å². The third kappa shape index (κ3) is 3.22. The monoisotopic (exact) mass is 550 g/mol. The second-order valence-electron chi connectivity index (χ2n) is 10.4. The summed E-state index contributed by atoms with van der Waals surface area (Å²) in [6.07, 6.45) is -0.383. The van der Waals surface area contributed by atoms with Crippen molar-refractivity contribution < 1.29 is 37.6 Å². The Balaban J connectivity index is 1.42. The third-order valence-electron chi connectivity index (χ3n) is 8.08. The normalized spacial score (nSPS) is 27.4. The lowest BCUT2D eigenvalue weighted by molar-refractivity contribution is -0.153. The van der Waals surface area contributed by atoms with Crippen molar-refractivity contribution >= 4 is 46.4 Å². The number of pyridine rings is 1. The molecule has 2 aromatic heterocycles. The van der Waals surface area contributed by atoms with E-state index in [1.807, 2.05) is 0 Å². The number of aromatic nitrogens is 2. The van der Waals surface area contributed by atoms with Gasteiger partial charge in [0.05, 0.1) is 35.0 Å². The second-order valence-corrected chi connectivity index (χ2v) is 10.4. The number of cyclic esters (lactones) is 1. The number of carbonyl (C=O) groups excluding carboxylic acids is 4. The molecule has 3 aromatic rings. The lowest BCUT2D eigenvalue weighted by atomic mass is 9.66. The molecule has 0 aliphatic carbocycles. The number of nitrogens with one attached hydrogen (secondary N) is 2. The maximum atomic E-state index is 16.4. The minimum absolute atomic E-state index is 0.000337. The first-order chi connectivity index (χ1) is 19.2. The van der Waals surface area contributed by atoms with Gasteiger partial charge in [-0.15, -0.1) is 0 Å². The maximum absolute atomic E-state index is 16.4. The first-order valence-electron chi connectivity index (χ1n) is 12.8. The van der Waals surface area contributed by atoms with Crippen molar-refractivity contribution in [2.45, 2.75) is 44.6 Å². The molecule has 4 aliphatic rings. The van der Waals surface area contributed by atoms with Crippen LogP contribution < -0.4 is 20.4 Å². The number of halogens is 1. The number of hydrogen-bond acceptors (Lipinski definition) is 10. The van der Waals surface area contributed by atoms with Gasteiger partial charge in [-0.25, -0.2) is 18.9 Å². The molecule has 3 fully saturated rings. The fourth-order valence-electron chi connectivity index (χ4n) is 6.56. The van der Waals surface area contributed by atoms with Gasteiger partial charge >= 0.3 is 12.1 Å². The standard InChI is InChI=1S/C26H23FN6O7/c1-11-9-32-18-13(8-26(20(32)12(2)39-11)22(34)29-24(36)30-23(26)35)7-14-19(17(18)27)40-31-21(14)33-16(10-38-25(33)37)15-5-3-4-6-28-15/h3-7,11-12,16,20H,8-10H2,1-2H3,(H2,29,30,34,35,36)/t11-,12+,16-,20?/m1/s1. The van der Waals surface area contributed by atoms with Gasteiger partial charge in [-0.3, -0.25) is 25.2 Å². The van der Waals surface area contributed by atoms with Gasteiger partial charge in [-0.1, -0.05) is 11.2 Å². The number of urea groups is 1. The number of imide groups is 2. The Labute approximate surface area is 225 Å². The van der Waals surface area contributed by atoms with Crippen LogP contribution in [-0.2, 0) is 25.5 Å². The fraction of sp³-hybridized carbons (Fsp3) is 0.385. The third-order valence-corrected chi connectivity index (χ3v) is 8.08. The van der Waals surface area contributed by atoms with E-state index < -0.39 is 53.4 Å². The number of amides is 5. The number of fused-ring (bicyclic) bond motifs is 5. The summed E-state index contributed by atoms with van der Waals surface area (Å²) in [5.74, 6) is -2.32. The van der Waals surface area contributed by atoms with Gasteiger partial charge in [-0.05, 0) is 37.6 Å². The molecule has 5 amide bonds. The van der Waals surface area contributed by atoms with Gasteiger partial charge < -0.3 is 18.9 Å². The van der Waals surface area contributed by atoms with E-state index in [2.05, 4.69) is 20.8 Å². The molecule has 13 nitrogen and oxygen atoms in total. The zero-order valence-corrected chi connectivity index (χ0v) is 21.3. The summed E-state index contributed by atoms with van der Waals surface area (Å²) in [6, 6.07) is 4.33. The molecule has 1 unspecified atom stereocenters. The minimum Gasteiger partial charge on any atom is -0.446 e. The van der Waals surface area contributed by atoms with E-state index in [-0.39, 0.29) is 48.2 Å². The fourth-order valence-corrected chi connectivity index (χ4v) is 6.56. The van der Waals surface area contributed by atoms with Crippen molar-refractivity contribution in [1.82, 2.24) is 20.8 Å². The van der Waals surface area contributed by atoms with Crippen molar-refractivity contribution in [3.05, 3.63) is 47.5 Å². The largest absolute Gasteiger partial charge is 0.446 e. The predicted octanol–water partition coefficient (Wildman–Crippen LogP) is 1.95. The van der Waals surface area contributed by atoms with E-state index in [0.717, 1.165) is 0 Å². The highest BCUT2D eigenvalue weighted by Gasteiger charge is 2.63. The first-order valence-corrected chi connectivity index (χ1v) is 12.8. The molecule has 6 heterocycles. The molecular weight excluding hydrogens is 527 g/mol. The number of rotatable bonds is 2. The number of hydrogen-bond donors (Lipinski definition) is 2. The summed E-state index contributed by atoms with van der Waals surface area (Å²) in [5, 5.41) is 8.62. The van der Waals surface area contributed by atoms with Gasteiger partial charge in [0.1, 0.15) is 12.6 Å². The SMILES string of the molecule is C[C@@H]1CN2c3c(cc4c(N5C(=O)OC[C@@H]5c5ccccn5)noc4c3F)CC3(C(=O)NC(=O)NC3=O)C2[C@H](C)O1. The Morgan fingerprint density at radius 3 is 2.62 bits per heavy atom. The van der Waals surface area contributed by atoms with Crippen LogP contribution in [0.25, 0.3) is 11.0 Å². The van der Waals surface area contributed by atoms with Crippen molar-refractivity contribution in [2.75, 3.05) is 23.0 Å². The molecule has 40 heavy (non-hydrogen) atoms. The van der Waals surface area contributed by atoms with Crippen LogP contribution in [0.5, 0.6) is 0 Å². The molecule has 2 N–H and O–H groups in total. The summed E-state index contributed by atoms with van der Waals surface area (Å²) in [6.45, 7) is 3.68.